The molecule has 3 aromatic rings. The van der Waals surface area contributed by atoms with E-state index in [1.54, 1.807) is 16.6 Å². The molecule has 0 aliphatic heterocycles. The van der Waals surface area contributed by atoms with Gasteiger partial charge in [0.05, 0.1) is 4.47 Å². The number of halogens is 1. The summed E-state index contributed by atoms with van der Waals surface area (Å²) in [5.41, 5.74) is 0.744. The van der Waals surface area contributed by atoms with E-state index in [4.69, 9.17) is 0 Å². The maximum absolute atomic E-state index is 9.77. The molecule has 0 aliphatic rings. The molecule has 0 spiro atoms. The first-order chi connectivity index (χ1) is 9.36. The van der Waals surface area contributed by atoms with Crippen molar-refractivity contribution in [3.05, 3.63) is 28.5 Å². The van der Waals surface area contributed by atoms with E-state index in [-0.39, 0.29) is 11.2 Å². The van der Waals surface area contributed by atoms with Crippen molar-refractivity contribution in [2.45, 2.75) is 26.2 Å². The summed E-state index contributed by atoms with van der Waals surface area (Å²) < 4.78 is 2.44. The number of aromatic nitrogens is 4. The van der Waals surface area contributed by atoms with Gasteiger partial charge in [0.25, 0.3) is 0 Å². The van der Waals surface area contributed by atoms with Gasteiger partial charge >= 0.3 is 0 Å². The molecular formula is C13H13BrN4OS. The number of phenols is 1. The Morgan fingerprint density at radius 3 is 2.65 bits per heavy atom. The van der Waals surface area contributed by atoms with Crippen molar-refractivity contribution in [1.82, 2.24) is 19.8 Å². The molecule has 0 saturated heterocycles. The zero-order valence-corrected chi connectivity index (χ0v) is 13.7. The summed E-state index contributed by atoms with van der Waals surface area (Å²) in [5, 5.41) is 23.5. The first kappa shape index (κ1) is 13.5. The maximum Gasteiger partial charge on any atom is 0.235 e. The van der Waals surface area contributed by atoms with E-state index in [1.165, 1.54) is 11.3 Å². The van der Waals surface area contributed by atoms with Crippen molar-refractivity contribution in [2.24, 2.45) is 0 Å². The van der Waals surface area contributed by atoms with Gasteiger partial charge in [0.1, 0.15) is 10.8 Å². The highest BCUT2D eigenvalue weighted by atomic mass is 79.9. The molecule has 104 valence electrons. The smallest absolute Gasteiger partial charge is 0.235 e. The third kappa shape index (κ3) is 2.20. The summed E-state index contributed by atoms with van der Waals surface area (Å²) in [6, 6.07) is 5.40. The number of phenolic OH excluding ortho intramolecular Hbond substituents is 1. The quantitative estimate of drug-likeness (QED) is 0.726. The van der Waals surface area contributed by atoms with Gasteiger partial charge in [0.15, 0.2) is 5.82 Å². The van der Waals surface area contributed by atoms with E-state index in [0.29, 0.717) is 4.47 Å². The normalized spacial score (nSPS) is 12.2. The highest BCUT2D eigenvalue weighted by Gasteiger charge is 2.23. The van der Waals surface area contributed by atoms with Crippen LogP contribution >= 0.6 is 27.3 Å². The minimum Gasteiger partial charge on any atom is -0.507 e. The SMILES string of the molecule is CC(C)(C)c1nnc2sc(-c3ccc(Br)c(O)c3)nn12. The molecule has 0 fully saturated rings. The van der Waals surface area contributed by atoms with E-state index >= 15 is 0 Å². The zero-order chi connectivity index (χ0) is 14.5. The lowest BCUT2D eigenvalue weighted by molar-refractivity contribution is 0.472. The largest absolute Gasteiger partial charge is 0.507 e. The van der Waals surface area contributed by atoms with Gasteiger partial charge < -0.3 is 5.11 Å². The lowest BCUT2D eigenvalue weighted by Crippen LogP contribution is -2.16. The second-order valence-corrected chi connectivity index (χ2v) is 7.35. The molecule has 0 saturated carbocycles. The predicted octanol–water partition coefficient (Wildman–Crippen LogP) is 3.62. The number of hydrogen-bond donors (Lipinski definition) is 1. The number of hydrogen-bond acceptors (Lipinski definition) is 5. The molecule has 2 aromatic heterocycles. The van der Waals surface area contributed by atoms with Crippen LogP contribution in [0.1, 0.15) is 26.6 Å². The number of fused-ring (bicyclic) bond motifs is 1. The summed E-state index contributed by atoms with van der Waals surface area (Å²) in [6.07, 6.45) is 0. The third-order valence-corrected chi connectivity index (χ3v) is 4.47. The number of aromatic hydroxyl groups is 1. The van der Waals surface area contributed by atoms with Gasteiger partial charge in [-0.2, -0.15) is 9.61 Å². The van der Waals surface area contributed by atoms with Crippen molar-refractivity contribution >= 4 is 32.2 Å². The first-order valence-corrected chi connectivity index (χ1v) is 7.69. The minimum atomic E-state index is -0.118. The second-order valence-electron chi connectivity index (χ2n) is 5.54. The van der Waals surface area contributed by atoms with Crippen LogP contribution in [0, 0.1) is 0 Å². The standard InChI is InChI=1S/C13H13BrN4OS/c1-13(2,3)11-15-16-12-18(11)17-10(20-12)7-4-5-8(14)9(19)6-7/h4-6,19H,1-3H3. The molecule has 20 heavy (non-hydrogen) atoms. The highest BCUT2D eigenvalue weighted by molar-refractivity contribution is 9.10. The molecule has 0 atom stereocenters. The molecule has 1 N–H and O–H groups in total. The molecule has 5 nitrogen and oxygen atoms in total. The molecule has 3 rings (SSSR count). The second kappa shape index (κ2) is 4.53. The van der Waals surface area contributed by atoms with Crippen LogP contribution in [0.4, 0.5) is 0 Å². The van der Waals surface area contributed by atoms with Crippen LogP contribution in [-0.2, 0) is 5.41 Å². The Bertz CT molecular complexity index is 787. The fraction of sp³-hybridized carbons (Fsp3) is 0.308. The zero-order valence-electron chi connectivity index (χ0n) is 11.3. The molecule has 0 unspecified atom stereocenters. The van der Waals surface area contributed by atoms with Crippen LogP contribution in [0.15, 0.2) is 22.7 Å². The van der Waals surface area contributed by atoms with Gasteiger partial charge in [0, 0.05) is 11.0 Å². The molecular weight excluding hydrogens is 340 g/mol. The Morgan fingerprint density at radius 2 is 2.00 bits per heavy atom. The summed E-state index contributed by atoms with van der Waals surface area (Å²) in [5.74, 6) is 1.03. The summed E-state index contributed by atoms with van der Waals surface area (Å²) in [6.45, 7) is 6.23. The maximum atomic E-state index is 9.77. The average Bonchev–Trinajstić information content (AvgIpc) is 2.90. The predicted molar refractivity (Wildman–Crippen MR) is 82.2 cm³/mol. The number of benzene rings is 1. The van der Waals surface area contributed by atoms with Crippen LogP contribution in [-0.4, -0.2) is 24.9 Å². The molecule has 0 aliphatic carbocycles. The topological polar surface area (TPSA) is 63.3 Å². The summed E-state index contributed by atoms with van der Waals surface area (Å²) in [4.78, 5) is 0.757. The van der Waals surface area contributed by atoms with Crippen LogP contribution in [0.25, 0.3) is 15.5 Å². The molecule has 2 heterocycles. The fourth-order valence-corrected chi connectivity index (χ4v) is 2.93. The van der Waals surface area contributed by atoms with Gasteiger partial charge in [-0.05, 0) is 28.1 Å². The minimum absolute atomic E-state index is 0.118. The van der Waals surface area contributed by atoms with E-state index in [2.05, 4.69) is 52.0 Å². The third-order valence-electron chi connectivity index (χ3n) is 2.85. The average molecular weight is 353 g/mol. The number of rotatable bonds is 1. The van der Waals surface area contributed by atoms with E-state index in [9.17, 15) is 5.11 Å². The van der Waals surface area contributed by atoms with Crippen LogP contribution in [0.3, 0.4) is 0 Å². The van der Waals surface area contributed by atoms with Crippen molar-refractivity contribution in [2.75, 3.05) is 0 Å². The van der Waals surface area contributed by atoms with E-state index < -0.39 is 0 Å². The van der Waals surface area contributed by atoms with Crippen LogP contribution in [0.2, 0.25) is 0 Å². The molecule has 1 aromatic carbocycles. The Hall–Kier alpha value is -1.47. The highest BCUT2D eigenvalue weighted by Crippen LogP contribution is 2.33. The molecule has 7 heteroatoms. The Morgan fingerprint density at radius 1 is 1.25 bits per heavy atom. The van der Waals surface area contributed by atoms with Crippen molar-refractivity contribution in [3.8, 4) is 16.3 Å². The molecule has 0 bridgehead atoms. The molecule has 0 radical (unpaired) electrons. The van der Waals surface area contributed by atoms with E-state index in [1.807, 2.05) is 6.07 Å². The summed E-state index contributed by atoms with van der Waals surface area (Å²) >= 11 is 4.73. The van der Waals surface area contributed by atoms with Crippen molar-refractivity contribution < 1.29 is 5.11 Å². The Kier molecular flexibility index (Phi) is 3.06. The van der Waals surface area contributed by atoms with Crippen molar-refractivity contribution in [3.63, 3.8) is 0 Å². The van der Waals surface area contributed by atoms with Crippen LogP contribution < -0.4 is 0 Å². The lowest BCUT2D eigenvalue weighted by atomic mass is 9.96. The van der Waals surface area contributed by atoms with Gasteiger partial charge in [-0.25, -0.2) is 0 Å². The van der Waals surface area contributed by atoms with Gasteiger partial charge in [-0.3, -0.25) is 0 Å². The Labute approximate surface area is 128 Å². The fourth-order valence-electron chi connectivity index (χ4n) is 1.85. The van der Waals surface area contributed by atoms with Crippen molar-refractivity contribution in [1.29, 1.82) is 0 Å². The summed E-state index contributed by atoms with van der Waals surface area (Å²) in [7, 11) is 0. The lowest BCUT2D eigenvalue weighted by Gasteiger charge is -2.13. The van der Waals surface area contributed by atoms with Gasteiger partial charge in [-0.15, -0.1) is 10.2 Å². The first-order valence-electron chi connectivity index (χ1n) is 6.08. The monoisotopic (exact) mass is 352 g/mol. The van der Waals surface area contributed by atoms with Gasteiger partial charge in [-0.1, -0.05) is 38.2 Å². The Balaban J connectivity index is 2.14. The van der Waals surface area contributed by atoms with Gasteiger partial charge in [0.2, 0.25) is 4.96 Å². The van der Waals surface area contributed by atoms with Crippen LogP contribution in [0.5, 0.6) is 5.75 Å². The van der Waals surface area contributed by atoms with E-state index in [0.717, 1.165) is 21.4 Å². The molecule has 0 amide bonds. The number of nitrogens with zero attached hydrogens (tertiary/aromatic N) is 4.